The number of benzene rings is 1. The summed E-state index contributed by atoms with van der Waals surface area (Å²) in [5.41, 5.74) is 0.795. The van der Waals surface area contributed by atoms with Crippen molar-refractivity contribution in [3.05, 3.63) is 41.8 Å². The van der Waals surface area contributed by atoms with Gasteiger partial charge >= 0.3 is 0 Å². The number of aromatic nitrogens is 3. The highest BCUT2D eigenvalue weighted by molar-refractivity contribution is 5.90. The van der Waals surface area contributed by atoms with Gasteiger partial charge in [0.15, 0.2) is 5.82 Å². The zero-order valence-electron chi connectivity index (χ0n) is 12.9. The molecule has 0 aliphatic carbocycles. The van der Waals surface area contributed by atoms with Crippen LogP contribution in [-0.4, -0.2) is 26.8 Å². The number of anilines is 1. The largest absolute Gasteiger partial charge is 0.350 e. The van der Waals surface area contributed by atoms with E-state index in [-0.39, 0.29) is 30.1 Å². The van der Waals surface area contributed by atoms with Crippen LogP contribution in [0.25, 0.3) is 0 Å². The Hall–Kier alpha value is -2.77. The van der Waals surface area contributed by atoms with Crippen LogP contribution in [0, 0.1) is 11.7 Å². The van der Waals surface area contributed by atoms with E-state index in [1.165, 1.54) is 23.0 Å². The van der Waals surface area contributed by atoms with E-state index >= 15 is 0 Å². The van der Waals surface area contributed by atoms with E-state index in [0.29, 0.717) is 12.4 Å². The summed E-state index contributed by atoms with van der Waals surface area (Å²) in [4.78, 5) is 23.4. The van der Waals surface area contributed by atoms with Crippen molar-refractivity contribution in [3.63, 3.8) is 0 Å². The Morgan fingerprint density at radius 2 is 1.96 bits per heavy atom. The summed E-state index contributed by atoms with van der Waals surface area (Å²) in [5.74, 6) is -0.619. The van der Waals surface area contributed by atoms with Gasteiger partial charge in [0, 0.05) is 12.5 Å². The van der Waals surface area contributed by atoms with Crippen LogP contribution in [0.4, 0.5) is 10.2 Å². The summed E-state index contributed by atoms with van der Waals surface area (Å²) in [7, 11) is 0. The van der Waals surface area contributed by atoms with E-state index in [4.69, 9.17) is 0 Å². The number of carbonyl (C=O) groups excluding carboxylic acids is 2. The van der Waals surface area contributed by atoms with Crippen molar-refractivity contribution >= 4 is 17.6 Å². The van der Waals surface area contributed by atoms with Crippen LogP contribution >= 0.6 is 0 Å². The molecule has 0 spiro atoms. The molecule has 0 aliphatic heterocycles. The third-order valence-electron chi connectivity index (χ3n) is 3.02. The lowest BCUT2D eigenvalue weighted by atomic mass is 10.2. The molecule has 0 saturated heterocycles. The number of hydrogen-bond donors (Lipinski definition) is 2. The molecule has 2 amide bonds. The predicted octanol–water partition coefficient (Wildman–Crippen LogP) is 1.33. The van der Waals surface area contributed by atoms with Crippen molar-refractivity contribution in [3.8, 4) is 0 Å². The number of nitrogens with one attached hydrogen (secondary N) is 2. The maximum atomic E-state index is 12.8. The molecule has 0 bridgehead atoms. The van der Waals surface area contributed by atoms with E-state index in [1.807, 2.05) is 0 Å². The van der Waals surface area contributed by atoms with Crippen LogP contribution < -0.4 is 10.6 Å². The van der Waals surface area contributed by atoms with Gasteiger partial charge in [0.2, 0.25) is 11.8 Å². The van der Waals surface area contributed by atoms with E-state index in [1.54, 1.807) is 26.0 Å². The van der Waals surface area contributed by atoms with Crippen molar-refractivity contribution in [1.29, 1.82) is 0 Å². The highest BCUT2D eigenvalue weighted by atomic mass is 19.1. The van der Waals surface area contributed by atoms with Gasteiger partial charge in [-0.2, -0.15) is 0 Å². The molecule has 0 radical (unpaired) electrons. The molecule has 23 heavy (non-hydrogen) atoms. The number of carbonyl (C=O) groups is 2. The third kappa shape index (κ3) is 5.17. The van der Waals surface area contributed by atoms with Crippen LogP contribution in [0.15, 0.2) is 30.5 Å². The van der Waals surface area contributed by atoms with Gasteiger partial charge in [-0.15, -0.1) is 5.10 Å². The SMILES string of the molecule is CC(C)C(=O)Nc1cn(CC(=O)NCc2ccc(F)cc2)nn1. The number of nitrogens with zero attached hydrogens (tertiary/aromatic N) is 3. The second-order valence-electron chi connectivity index (χ2n) is 5.35. The minimum atomic E-state index is -0.321. The van der Waals surface area contributed by atoms with E-state index < -0.39 is 0 Å². The molecular weight excluding hydrogens is 301 g/mol. The fourth-order valence-corrected chi connectivity index (χ4v) is 1.71. The van der Waals surface area contributed by atoms with Gasteiger partial charge in [0.1, 0.15) is 12.4 Å². The molecule has 0 fully saturated rings. The fourth-order valence-electron chi connectivity index (χ4n) is 1.71. The Balaban J connectivity index is 1.82. The molecule has 1 aromatic heterocycles. The lowest BCUT2D eigenvalue weighted by Gasteiger charge is -2.05. The zero-order valence-corrected chi connectivity index (χ0v) is 12.9. The highest BCUT2D eigenvalue weighted by Gasteiger charge is 2.11. The van der Waals surface area contributed by atoms with Crippen LogP contribution in [0.2, 0.25) is 0 Å². The molecule has 1 heterocycles. The molecule has 8 heteroatoms. The second kappa shape index (κ2) is 7.48. The van der Waals surface area contributed by atoms with Gasteiger partial charge in [-0.25, -0.2) is 9.07 Å². The molecule has 2 N–H and O–H groups in total. The topological polar surface area (TPSA) is 88.9 Å². The monoisotopic (exact) mass is 319 g/mol. The Morgan fingerprint density at radius 3 is 2.61 bits per heavy atom. The van der Waals surface area contributed by atoms with Gasteiger partial charge in [-0.3, -0.25) is 9.59 Å². The van der Waals surface area contributed by atoms with Crippen LogP contribution in [-0.2, 0) is 22.7 Å². The van der Waals surface area contributed by atoms with Crippen LogP contribution in [0.1, 0.15) is 19.4 Å². The van der Waals surface area contributed by atoms with Crippen molar-refractivity contribution in [2.24, 2.45) is 5.92 Å². The maximum absolute atomic E-state index is 12.8. The molecule has 7 nitrogen and oxygen atoms in total. The first-order valence-corrected chi connectivity index (χ1v) is 7.16. The summed E-state index contributed by atoms with van der Waals surface area (Å²) < 4.78 is 14.1. The summed E-state index contributed by atoms with van der Waals surface area (Å²) in [5, 5.41) is 12.9. The molecule has 0 atom stereocenters. The molecule has 2 rings (SSSR count). The molecule has 2 aromatic rings. The molecular formula is C15H18FN5O2. The van der Waals surface area contributed by atoms with Crippen LogP contribution in [0.3, 0.4) is 0 Å². The Morgan fingerprint density at radius 1 is 1.26 bits per heavy atom. The minimum Gasteiger partial charge on any atom is -0.350 e. The average molecular weight is 319 g/mol. The maximum Gasteiger partial charge on any atom is 0.242 e. The van der Waals surface area contributed by atoms with E-state index in [9.17, 15) is 14.0 Å². The van der Waals surface area contributed by atoms with Crippen molar-refractivity contribution in [2.75, 3.05) is 5.32 Å². The lowest BCUT2D eigenvalue weighted by molar-refractivity contribution is -0.122. The van der Waals surface area contributed by atoms with Gasteiger partial charge in [0.05, 0.1) is 6.20 Å². The first-order chi connectivity index (χ1) is 10.9. The predicted molar refractivity (Wildman–Crippen MR) is 81.7 cm³/mol. The second-order valence-corrected chi connectivity index (χ2v) is 5.35. The molecule has 0 saturated carbocycles. The normalized spacial score (nSPS) is 10.6. The summed E-state index contributed by atoms with van der Waals surface area (Å²) in [6.07, 6.45) is 1.48. The molecule has 1 aromatic carbocycles. The Bertz CT molecular complexity index is 681. The van der Waals surface area contributed by atoms with E-state index in [2.05, 4.69) is 20.9 Å². The molecule has 0 aliphatic rings. The number of halogens is 1. The summed E-state index contributed by atoms with van der Waals surface area (Å²) in [6, 6.07) is 5.88. The van der Waals surface area contributed by atoms with Crippen molar-refractivity contribution < 1.29 is 14.0 Å². The number of amides is 2. The van der Waals surface area contributed by atoms with Gasteiger partial charge in [-0.05, 0) is 17.7 Å². The summed E-state index contributed by atoms with van der Waals surface area (Å²) >= 11 is 0. The fraction of sp³-hybridized carbons (Fsp3) is 0.333. The van der Waals surface area contributed by atoms with Gasteiger partial charge in [0.25, 0.3) is 0 Å². The quantitative estimate of drug-likeness (QED) is 0.840. The molecule has 0 unspecified atom stereocenters. The Kier molecular flexibility index (Phi) is 5.40. The number of rotatable bonds is 6. The lowest BCUT2D eigenvalue weighted by Crippen LogP contribution is -2.27. The number of hydrogen-bond acceptors (Lipinski definition) is 4. The zero-order chi connectivity index (χ0) is 16.8. The van der Waals surface area contributed by atoms with Crippen molar-refractivity contribution in [2.45, 2.75) is 26.9 Å². The van der Waals surface area contributed by atoms with Crippen LogP contribution in [0.5, 0.6) is 0 Å². The van der Waals surface area contributed by atoms with Gasteiger partial charge in [-0.1, -0.05) is 31.2 Å². The van der Waals surface area contributed by atoms with Gasteiger partial charge < -0.3 is 10.6 Å². The third-order valence-corrected chi connectivity index (χ3v) is 3.02. The minimum absolute atomic E-state index is 0.0221. The Labute approximate surface area is 132 Å². The first kappa shape index (κ1) is 16.6. The smallest absolute Gasteiger partial charge is 0.242 e. The molecule has 122 valence electrons. The first-order valence-electron chi connectivity index (χ1n) is 7.16. The van der Waals surface area contributed by atoms with E-state index in [0.717, 1.165) is 5.56 Å². The average Bonchev–Trinajstić information content (AvgIpc) is 2.93. The standard InChI is InChI=1S/C15H18FN5O2/c1-10(2)15(23)18-13-8-21(20-19-13)9-14(22)17-7-11-3-5-12(16)6-4-11/h3-6,8,10H,7,9H2,1-2H3,(H,17,22)(H,18,23). The highest BCUT2D eigenvalue weighted by Crippen LogP contribution is 2.04. The summed E-state index contributed by atoms with van der Waals surface area (Å²) in [6.45, 7) is 3.81. The van der Waals surface area contributed by atoms with Crippen molar-refractivity contribution in [1.82, 2.24) is 20.3 Å².